The Balaban J connectivity index is 3.34. The Bertz CT molecular complexity index is 70.5. The minimum atomic E-state index is 0.264. The second kappa shape index (κ2) is 2.83. The van der Waals surface area contributed by atoms with E-state index in [1.807, 2.05) is 13.8 Å². The fourth-order valence-corrected chi connectivity index (χ4v) is 0.287. The van der Waals surface area contributed by atoms with Gasteiger partial charge in [0.15, 0.2) is 7.85 Å². The molecule has 0 aromatic rings. The Labute approximate surface area is 45.5 Å². The quantitative estimate of drug-likeness (QED) is 0.450. The Morgan fingerprint density at radius 2 is 2.29 bits per heavy atom. The van der Waals surface area contributed by atoms with E-state index >= 15 is 0 Å². The van der Waals surface area contributed by atoms with Crippen LogP contribution in [0.15, 0.2) is 0 Å². The minimum absolute atomic E-state index is 0.264. The van der Waals surface area contributed by atoms with Gasteiger partial charge < -0.3 is 4.79 Å². The van der Waals surface area contributed by atoms with Crippen molar-refractivity contribution in [3.05, 3.63) is 0 Å². The molecular formula is C5H11BO. The van der Waals surface area contributed by atoms with E-state index in [0.29, 0.717) is 5.68 Å². The van der Waals surface area contributed by atoms with Crippen LogP contribution in [0.3, 0.4) is 0 Å². The van der Waals surface area contributed by atoms with Gasteiger partial charge in [-0.3, -0.25) is 0 Å². The molecule has 0 amide bonds. The summed E-state index contributed by atoms with van der Waals surface area (Å²) >= 11 is 0. The van der Waals surface area contributed by atoms with Crippen LogP contribution in [-0.2, 0) is 4.79 Å². The second-order valence-electron chi connectivity index (χ2n) is 1.92. The lowest BCUT2D eigenvalue weighted by Gasteiger charge is -1.98. The molecule has 40 valence electrons. The van der Waals surface area contributed by atoms with E-state index in [9.17, 15) is 4.79 Å². The fraction of sp³-hybridized carbons (Fsp3) is 0.800. The molecule has 0 heterocycles. The van der Waals surface area contributed by atoms with Gasteiger partial charge in [-0.15, -0.1) is 0 Å². The van der Waals surface area contributed by atoms with Gasteiger partial charge in [-0.1, -0.05) is 13.8 Å². The summed E-state index contributed by atoms with van der Waals surface area (Å²) in [5, 5.41) is 0. The smallest absolute Gasteiger partial charge is 0.187 e. The molecule has 0 aliphatic carbocycles. The average molecular weight is 98.0 g/mol. The van der Waals surface area contributed by atoms with Gasteiger partial charge in [0.1, 0.15) is 0 Å². The highest BCUT2D eigenvalue weighted by Crippen LogP contribution is 1.97. The monoisotopic (exact) mass is 98.1 g/mol. The molecule has 0 saturated carbocycles. The summed E-state index contributed by atoms with van der Waals surface area (Å²) in [6.07, 6.45) is 0.968. The van der Waals surface area contributed by atoms with Crippen LogP contribution in [0.5, 0.6) is 0 Å². The molecule has 0 bridgehead atoms. The van der Waals surface area contributed by atoms with Gasteiger partial charge in [-0.05, 0) is 6.42 Å². The topological polar surface area (TPSA) is 17.1 Å². The van der Waals surface area contributed by atoms with Gasteiger partial charge in [-0.25, -0.2) is 0 Å². The van der Waals surface area contributed by atoms with E-state index < -0.39 is 0 Å². The summed E-state index contributed by atoms with van der Waals surface area (Å²) in [6, 6.07) is 0. The Kier molecular flexibility index (Phi) is 2.73. The first-order valence-electron chi connectivity index (χ1n) is 2.69. The van der Waals surface area contributed by atoms with Gasteiger partial charge in [0.05, 0.1) is 5.68 Å². The summed E-state index contributed by atoms with van der Waals surface area (Å²) in [7, 11) is 1.63. The third kappa shape index (κ3) is 2.43. The minimum Gasteiger partial charge on any atom is -0.312 e. The first-order chi connectivity index (χ1) is 3.18. The fourth-order valence-electron chi connectivity index (χ4n) is 0.287. The summed E-state index contributed by atoms with van der Waals surface area (Å²) in [6.45, 7) is 3.97. The predicted molar refractivity (Wildman–Crippen MR) is 33.0 cm³/mol. The number of hydrogen-bond acceptors (Lipinski definition) is 1. The van der Waals surface area contributed by atoms with Crippen LogP contribution in [-0.4, -0.2) is 13.5 Å². The van der Waals surface area contributed by atoms with Crippen molar-refractivity contribution in [3.63, 3.8) is 0 Å². The van der Waals surface area contributed by atoms with E-state index in [2.05, 4.69) is 0 Å². The molecule has 0 saturated heterocycles. The highest BCUT2D eigenvalue weighted by Gasteiger charge is 2.00. The van der Waals surface area contributed by atoms with Crippen molar-refractivity contribution in [2.24, 2.45) is 5.92 Å². The van der Waals surface area contributed by atoms with Crippen LogP contribution in [0.2, 0.25) is 0 Å². The molecule has 0 aromatic carbocycles. The van der Waals surface area contributed by atoms with Gasteiger partial charge in [-0.2, -0.15) is 0 Å². The van der Waals surface area contributed by atoms with E-state index in [4.69, 9.17) is 0 Å². The van der Waals surface area contributed by atoms with Crippen molar-refractivity contribution in [1.29, 1.82) is 0 Å². The van der Waals surface area contributed by atoms with E-state index in [-0.39, 0.29) is 5.92 Å². The molecule has 0 aliphatic heterocycles. The van der Waals surface area contributed by atoms with Crippen LogP contribution in [0, 0.1) is 5.92 Å². The van der Waals surface area contributed by atoms with Crippen molar-refractivity contribution in [2.75, 3.05) is 0 Å². The van der Waals surface area contributed by atoms with E-state index in [0.717, 1.165) is 6.42 Å². The van der Waals surface area contributed by atoms with E-state index in [1.54, 1.807) is 7.85 Å². The highest BCUT2D eigenvalue weighted by atomic mass is 16.1. The molecule has 1 unspecified atom stereocenters. The summed E-state index contributed by atoms with van der Waals surface area (Å²) in [5.41, 5.74) is 0.294. The predicted octanol–water partition coefficient (Wildman–Crippen LogP) is 0.192. The zero-order chi connectivity index (χ0) is 5.86. The normalized spacial score (nSPS) is 13.4. The molecule has 1 atom stereocenters. The number of carbonyl (C=O) groups is 1. The van der Waals surface area contributed by atoms with Gasteiger partial charge >= 0.3 is 0 Å². The SMILES string of the molecule is BC(=O)C(C)CC. The summed E-state index contributed by atoms with van der Waals surface area (Å²) in [5.74, 6) is 0.264. The van der Waals surface area contributed by atoms with Crippen molar-refractivity contribution in [3.8, 4) is 0 Å². The van der Waals surface area contributed by atoms with Crippen molar-refractivity contribution in [1.82, 2.24) is 0 Å². The third-order valence-corrected chi connectivity index (χ3v) is 1.31. The van der Waals surface area contributed by atoms with Crippen molar-refractivity contribution in [2.45, 2.75) is 20.3 Å². The average Bonchev–Trinajstić information content (AvgIpc) is 1.65. The van der Waals surface area contributed by atoms with Gasteiger partial charge in [0.25, 0.3) is 0 Å². The summed E-state index contributed by atoms with van der Waals surface area (Å²) < 4.78 is 0. The van der Waals surface area contributed by atoms with Crippen LogP contribution < -0.4 is 0 Å². The molecule has 0 fully saturated rings. The largest absolute Gasteiger partial charge is 0.312 e. The Morgan fingerprint density at radius 3 is 2.29 bits per heavy atom. The zero-order valence-corrected chi connectivity index (χ0v) is 5.19. The lowest BCUT2D eigenvalue weighted by Crippen LogP contribution is -2.07. The van der Waals surface area contributed by atoms with Crippen LogP contribution in [0.1, 0.15) is 20.3 Å². The van der Waals surface area contributed by atoms with Crippen molar-refractivity contribution >= 4 is 13.5 Å². The standard InChI is InChI=1S/C5H11BO/c1-3-4(2)5(6)7/h4H,3,6H2,1-2H3. The highest BCUT2D eigenvalue weighted by molar-refractivity contribution is 6.58. The molecule has 0 radical (unpaired) electrons. The molecular weight excluding hydrogens is 86.9 g/mol. The maximum Gasteiger partial charge on any atom is 0.187 e. The molecule has 1 nitrogen and oxygen atoms in total. The lowest BCUT2D eigenvalue weighted by molar-refractivity contribution is -0.114. The third-order valence-electron chi connectivity index (χ3n) is 1.31. The van der Waals surface area contributed by atoms with Crippen LogP contribution in [0.4, 0.5) is 0 Å². The molecule has 0 spiro atoms. The summed E-state index contributed by atoms with van der Waals surface area (Å²) in [4.78, 5) is 10.4. The first kappa shape index (κ1) is 6.73. The zero-order valence-electron chi connectivity index (χ0n) is 5.19. The van der Waals surface area contributed by atoms with Gasteiger partial charge in [0.2, 0.25) is 0 Å². The van der Waals surface area contributed by atoms with Crippen molar-refractivity contribution < 1.29 is 4.79 Å². The van der Waals surface area contributed by atoms with E-state index in [1.165, 1.54) is 0 Å². The van der Waals surface area contributed by atoms with Gasteiger partial charge in [0, 0.05) is 5.92 Å². The molecule has 7 heavy (non-hydrogen) atoms. The first-order valence-corrected chi connectivity index (χ1v) is 2.69. The Hall–Kier alpha value is -0.265. The molecule has 0 aromatic heterocycles. The van der Waals surface area contributed by atoms with Crippen LogP contribution in [0.25, 0.3) is 0 Å². The molecule has 2 heteroatoms. The second-order valence-corrected chi connectivity index (χ2v) is 1.92. The maximum absolute atomic E-state index is 10.4. The molecule has 0 N–H and O–H groups in total. The number of carbonyl (C=O) groups excluding carboxylic acids is 1. The molecule has 0 aliphatic rings. The number of rotatable bonds is 2. The lowest BCUT2D eigenvalue weighted by atomic mass is 9.89. The molecule has 0 rings (SSSR count). The number of hydrogen-bond donors (Lipinski definition) is 0. The Morgan fingerprint density at radius 1 is 1.86 bits per heavy atom. The van der Waals surface area contributed by atoms with Crippen LogP contribution >= 0.6 is 0 Å². The maximum atomic E-state index is 10.4.